The van der Waals surface area contributed by atoms with E-state index >= 15 is 0 Å². The van der Waals surface area contributed by atoms with Gasteiger partial charge in [-0.15, -0.1) is 0 Å². The van der Waals surface area contributed by atoms with Gasteiger partial charge in [-0.05, 0) is 112 Å². The van der Waals surface area contributed by atoms with Gasteiger partial charge in [0.25, 0.3) is 0 Å². The first-order valence-corrected chi connectivity index (χ1v) is 41.5. The Labute approximate surface area is 735 Å². The van der Waals surface area contributed by atoms with Crippen molar-refractivity contribution in [2.45, 2.75) is 65.4 Å². The number of nitrogens with one attached hydrogen (secondary N) is 5. The molecule has 0 aliphatic heterocycles. The number of ketones is 1. The van der Waals surface area contributed by atoms with Crippen LogP contribution >= 0.6 is 55.1 Å². The first kappa shape index (κ1) is 85.9. The average Bonchev–Trinajstić information content (AvgIpc) is 1.64. The number of Topliss-reactive ketones (excluding diaryl/α,β-unsaturated/α-hetero) is 1. The van der Waals surface area contributed by atoms with Gasteiger partial charge in [-0.1, -0.05) is 175 Å². The summed E-state index contributed by atoms with van der Waals surface area (Å²) < 4.78 is 16.3. The number of fused-ring (bicyclic) bond motifs is 5. The van der Waals surface area contributed by atoms with Gasteiger partial charge in [-0.25, -0.2) is 49.8 Å². The molecule has 27 nitrogen and oxygen atoms in total. The molecule has 1 atom stereocenters. The highest BCUT2D eigenvalue weighted by Gasteiger charge is 2.25. The van der Waals surface area contributed by atoms with Crippen molar-refractivity contribution < 1.29 is 19.7 Å². The zero-order valence-corrected chi connectivity index (χ0v) is 72.2. The SMILES string of the molecule is C=Cc1cnc2c(NCc3cccnc3)nc(-c3ccccc3)cn12.CC(=O)c1cnc2c(NCc3cccnc3)nc(-c3ccccc3)cn12.CC(C)(O)c1cnc2c(NCc3cccnc3)nc(-c3ccccc3)cn12.CC(CO)Nc1nc(-c2ccccc2Cl)cn2c(Br)cnc12.COCCCNc1nc(-c2ccccc2Cl)cn2c(Br)cnc12. The number of rotatable bonds is 25. The number of pyridine rings is 3. The number of aliphatic hydroxyl groups is 2. The molecule has 18 aromatic rings. The van der Waals surface area contributed by atoms with Crippen LogP contribution in [0.15, 0.2) is 291 Å². The van der Waals surface area contributed by atoms with Gasteiger partial charge in [0.15, 0.2) is 63.1 Å². The molecule has 0 saturated carbocycles. The molecule has 0 amide bonds. The van der Waals surface area contributed by atoms with Crippen molar-refractivity contribution in [2.75, 3.05) is 53.5 Å². The van der Waals surface area contributed by atoms with E-state index in [0.29, 0.717) is 82.1 Å². The van der Waals surface area contributed by atoms with Crippen molar-refractivity contribution in [2.24, 2.45) is 0 Å². The van der Waals surface area contributed by atoms with Crippen LogP contribution in [0.25, 0.3) is 90.6 Å². The average molecular weight is 1810 g/mol. The number of ether oxygens (including phenoxy) is 1. The van der Waals surface area contributed by atoms with Crippen LogP contribution in [0.5, 0.6) is 0 Å². The van der Waals surface area contributed by atoms with Gasteiger partial charge in [0, 0.05) is 149 Å². The molecule has 0 spiro atoms. The fourth-order valence-electron chi connectivity index (χ4n) is 12.9. The summed E-state index contributed by atoms with van der Waals surface area (Å²) in [7, 11) is 1.69. The number of aromatic nitrogens is 18. The minimum atomic E-state index is -1.02. The van der Waals surface area contributed by atoms with Crippen LogP contribution in [0.1, 0.15) is 72.7 Å². The molecule has 13 aromatic heterocycles. The molecular weight excluding hydrogens is 1720 g/mol. The first-order valence-electron chi connectivity index (χ1n) is 39.1. The lowest BCUT2D eigenvalue weighted by Gasteiger charge is -2.18. The van der Waals surface area contributed by atoms with Crippen LogP contribution in [0, 0.1) is 0 Å². The minimum Gasteiger partial charge on any atom is -0.394 e. The van der Waals surface area contributed by atoms with Crippen LogP contribution < -0.4 is 26.6 Å². The third-order valence-electron chi connectivity index (χ3n) is 19.1. The van der Waals surface area contributed by atoms with Crippen LogP contribution in [0.2, 0.25) is 10.0 Å². The van der Waals surface area contributed by atoms with Gasteiger partial charge < -0.3 is 41.5 Å². The Morgan fingerprint density at radius 1 is 0.480 bits per heavy atom. The number of halogens is 4. The number of nitrogens with zero attached hydrogens (tertiary/aromatic N) is 18. The van der Waals surface area contributed by atoms with Gasteiger partial charge in [0.1, 0.15) is 20.5 Å². The van der Waals surface area contributed by atoms with Crippen molar-refractivity contribution in [3.05, 3.63) is 335 Å². The quantitative estimate of drug-likeness (QED) is 0.0206. The van der Waals surface area contributed by atoms with Crippen molar-refractivity contribution in [3.63, 3.8) is 0 Å². The Kier molecular flexibility index (Phi) is 28.4. The van der Waals surface area contributed by atoms with Crippen LogP contribution in [0.4, 0.5) is 29.1 Å². The molecule has 0 saturated heterocycles. The molecule has 123 heavy (non-hydrogen) atoms. The molecule has 0 bridgehead atoms. The Hall–Kier alpha value is -13.5. The van der Waals surface area contributed by atoms with E-state index in [1.807, 2.05) is 244 Å². The third-order valence-corrected chi connectivity index (χ3v) is 21.0. The highest BCUT2D eigenvalue weighted by atomic mass is 79.9. The summed E-state index contributed by atoms with van der Waals surface area (Å²) in [4.78, 5) is 70.1. The van der Waals surface area contributed by atoms with Gasteiger partial charge in [-0.2, -0.15) is 0 Å². The molecule has 31 heteroatoms. The maximum atomic E-state index is 11.9. The Morgan fingerprint density at radius 2 is 0.862 bits per heavy atom. The monoisotopic (exact) mass is 1800 g/mol. The van der Waals surface area contributed by atoms with Crippen LogP contribution in [0.3, 0.4) is 0 Å². The lowest BCUT2D eigenvalue weighted by molar-refractivity contribution is 0.0729. The normalized spacial score (nSPS) is 11.3. The zero-order chi connectivity index (χ0) is 85.8. The van der Waals surface area contributed by atoms with E-state index < -0.39 is 5.60 Å². The molecule has 0 aliphatic carbocycles. The lowest BCUT2D eigenvalue weighted by Crippen LogP contribution is -2.20. The van der Waals surface area contributed by atoms with E-state index in [2.05, 4.69) is 110 Å². The molecule has 620 valence electrons. The smallest absolute Gasteiger partial charge is 0.181 e. The van der Waals surface area contributed by atoms with E-state index in [4.69, 9.17) is 47.9 Å². The van der Waals surface area contributed by atoms with Crippen LogP contribution in [-0.4, -0.2) is 136 Å². The molecule has 13 heterocycles. The van der Waals surface area contributed by atoms with Crippen molar-refractivity contribution in [3.8, 4) is 56.3 Å². The molecule has 0 fully saturated rings. The van der Waals surface area contributed by atoms with E-state index in [1.165, 1.54) is 6.92 Å². The standard InChI is InChI=1S/C21H21N5O.C20H17N5O.C20H17N5.C16H16BrClN4O.C15H14BrClN4O/c1-21(2,27)18-13-24-20-19(23-12-15-7-6-10-22-11-15)25-17(14-26(18)20)16-8-4-3-5-9-16;1-14(26)18-12-23-20-19(22-11-15-6-5-9-21-10-15)24-17(13-25(18)20)16-7-3-2-4-8-16;1-2-17-13-23-20-19(22-12-15-7-6-10-21-11-15)24-18(14-25(17)20)16-8-4-3-5-9-16;1-23-8-4-7-19-15-16-20-9-14(17)22(16)10-13(21-15)11-5-2-3-6-12(11)18;1-9(8-22)19-14-15-18-6-13(16)21(15)7-12(20-14)10-4-2-3-5-11(10)17/h3-11,13-14,27H,12H2,1-2H3,(H,23,25);2-10,12-13H,11H2,1H3,(H,22,24);2-11,13-14H,1,12H2,(H,22,24);2-3,5-6,9-10H,4,7-8H2,1H3,(H,19,21);2-7,9,22H,8H2,1H3,(H,19,20). The van der Waals surface area contributed by atoms with Crippen LogP contribution in [-0.2, 0) is 30.0 Å². The largest absolute Gasteiger partial charge is 0.394 e. The third kappa shape index (κ3) is 21.3. The number of imidazole rings is 5. The fraction of sp³-hybridized carbons (Fsp3) is 0.152. The fourth-order valence-corrected chi connectivity index (χ4v) is 14.2. The summed E-state index contributed by atoms with van der Waals surface area (Å²) in [5, 5.41) is 37.6. The highest BCUT2D eigenvalue weighted by molar-refractivity contribution is 9.10. The summed E-state index contributed by atoms with van der Waals surface area (Å²) in [5.41, 5.74) is 16.6. The predicted octanol–water partition coefficient (Wildman–Crippen LogP) is 19.1. The molecule has 0 radical (unpaired) electrons. The van der Waals surface area contributed by atoms with Gasteiger partial charge >= 0.3 is 0 Å². The van der Waals surface area contributed by atoms with Crippen molar-refractivity contribution in [1.82, 2.24) is 86.8 Å². The van der Waals surface area contributed by atoms with E-state index in [1.54, 1.807) is 87.2 Å². The van der Waals surface area contributed by atoms with Crippen molar-refractivity contribution in [1.29, 1.82) is 0 Å². The number of hydrogen-bond donors (Lipinski definition) is 7. The molecule has 5 aromatic carbocycles. The topological polar surface area (TPSA) is 317 Å². The number of hydrogen-bond acceptors (Lipinski definition) is 22. The minimum absolute atomic E-state index is 0.00599. The van der Waals surface area contributed by atoms with E-state index in [9.17, 15) is 15.0 Å². The number of carbonyl (C=O) groups excluding carboxylic acids is 1. The van der Waals surface area contributed by atoms with Crippen molar-refractivity contribution >= 4 is 124 Å². The summed E-state index contributed by atoms with van der Waals surface area (Å²) in [6, 6.07) is 56.7. The van der Waals surface area contributed by atoms with E-state index in [0.717, 1.165) is 124 Å². The number of aliphatic hydroxyl groups excluding tert-OH is 1. The first-order chi connectivity index (χ1) is 59.9. The maximum absolute atomic E-state index is 11.9. The molecule has 18 rings (SSSR count). The Bertz CT molecular complexity index is 6600. The molecule has 7 N–H and O–H groups in total. The van der Waals surface area contributed by atoms with E-state index in [-0.39, 0.29) is 18.4 Å². The predicted molar refractivity (Wildman–Crippen MR) is 493 cm³/mol. The van der Waals surface area contributed by atoms with Gasteiger partial charge in [0.05, 0.1) is 87.5 Å². The molecule has 1 unspecified atom stereocenters. The number of methoxy groups -OCH3 is 1. The summed E-state index contributed by atoms with van der Waals surface area (Å²) in [5.74, 6) is 3.31. The Balaban J connectivity index is 0.000000126. The second-order valence-corrected chi connectivity index (χ2v) is 30.9. The Morgan fingerprint density at radius 3 is 1.30 bits per heavy atom. The maximum Gasteiger partial charge on any atom is 0.181 e. The summed E-state index contributed by atoms with van der Waals surface area (Å²) in [6.45, 7) is 14.0. The number of benzene rings is 5. The second kappa shape index (κ2) is 40.7. The molecular formula is C92H85Br2Cl2N23O4. The van der Waals surface area contributed by atoms with Gasteiger partial charge in [-0.3, -0.25) is 41.7 Å². The highest BCUT2D eigenvalue weighted by Crippen LogP contribution is 2.34. The lowest BCUT2D eigenvalue weighted by atomic mass is 10.1. The summed E-state index contributed by atoms with van der Waals surface area (Å²) >= 11 is 19.6. The zero-order valence-electron chi connectivity index (χ0n) is 67.6. The summed E-state index contributed by atoms with van der Waals surface area (Å²) in [6.07, 6.45) is 31.5. The van der Waals surface area contributed by atoms with Gasteiger partial charge in [0.2, 0.25) is 0 Å². The number of anilines is 5. The molecule has 0 aliphatic rings. The number of carbonyl (C=O) groups is 1. The second-order valence-electron chi connectivity index (χ2n) is 28.5.